The summed E-state index contributed by atoms with van der Waals surface area (Å²) in [7, 11) is 1.37. The summed E-state index contributed by atoms with van der Waals surface area (Å²) in [6.45, 7) is 1.10. The quantitative estimate of drug-likeness (QED) is 0.0782. The van der Waals surface area contributed by atoms with E-state index in [0.717, 1.165) is 35.9 Å². The van der Waals surface area contributed by atoms with E-state index in [0.29, 0.717) is 28.7 Å². The maximum atomic E-state index is 13.6. The van der Waals surface area contributed by atoms with Crippen LogP contribution >= 0.6 is 33.9 Å². The molecule has 1 aliphatic rings. The van der Waals surface area contributed by atoms with Gasteiger partial charge in [-0.1, -0.05) is 39.8 Å². The SMILES string of the molecule is COc1cnc(C(F)F)cc1-c1cc(Oc2cc(NCCOCI)ccn2)ncc1C(=O)Nc1nnc(C#CC2CC2)s1. The highest BCUT2D eigenvalue weighted by Gasteiger charge is 2.23. The maximum absolute atomic E-state index is 13.6. The van der Waals surface area contributed by atoms with Crippen molar-refractivity contribution in [2.24, 2.45) is 5.92 Å². The molecule has 0 spiro atoms. The van der Waals surface area contributed by atoms with Crippen LogP contribution in [0.3, 0.4) is 0 Å². The Morgan fingerprint density at radius 1 is 1.14 bits per heavy atom. The van der Waals surface area contributed by atoms with E-state index in [1.54, 1.807) is 18.3 Å². The second-order valence-electron chi connectivity index (χ2n) is 9.02. The summed E-state index contributed by atoms with van der Waals surface area (Å²) in [4.78, 5) is 25.7. The Morgan fingerprint density at radius 2 is 1.98 bits per heavy atom. The molecule has 15 heteroatoms. The molecule has 0 saturated heterocycles. The molecule has 5 rings (SSSR count). The van der Waals surface area contributed by atoms with Gasteiger partial charge in [0.2, 0.25) is 16.9 Å². The van der Waals surface area contributed by atoms with Crippen LogP contribution in [0.15, 0.2) is 42.9 Å². The Labute approximate surface area is 263 Å². The number of carbonyl (C=O) groups is 1. The van der Waals surface area contributed by atoms with Crippen molar-refractivity contribution in [3.05, 3.63) is 59.1 Å². The van der Waals surface area contributed by atoms with Gasteiger partial charge in [0.15, 0.2) is 5.01 Å². The minimum Gasteiger partial charge on any atom is -0.494 e. The van der Waals surface area contributed by atoms with Crippen LogP contribution in [0.4, 0.5) is 19.6 Å². The molecule has 1 amide bonds. The Kier molecular flexibility index (Phi) is 10.2. The minimum absolute atomic E-state index is 0.0523. The third kappa shape index (κ3) is 8.30. The van der Waals surface area contributed by atoms with Gasteiger partial charge in [-0.15, -0.1) is 10.2 Å². The van der Waals surface area contributed by atoms with E-state index in [-0.39, 0.29) is 39.3 Å². The fourth-order valence-electron chi connectivity index (χ4n) is 3.73. The standard InChI is InChI=1S/C28H24F2IN7O4S/c1-40-22-14-34-21(26(29)30)11-19(22)18-12-24(42-23-10-17(6-7-33-23)32-8-9-41-15-31)35-13-20(18)27(39)36-28-38-37-25(43-28)5-4-16-2-3-16/h6-7,10-14,16,26H,2-3,8-9,15H2,1H3,(H,32,33)(H,36,38,39). The number of alkyl halides is 3. The van der Waals surface area contributed by atoms with Crippen molar-refractivity contribution < 1.29 is 27.8 Å². The smallest absolute Gasteiger partial charge is 0.280 e. The van der Waals surface area contributed by atoms with Crippen LogP contribution in [0.1, 0.15) is 40.3 Å². The number of nitrogens with zero attached hydrogens (tertiary/aromatic N) is 5. The molecule has 1 fully saturated rings. The fraction of sp³-hybridized carbons (Fsp3) is 0.286. The molecular weight excluding hydrogens is 695 g/mol. The number of aromatic nitrogens is 5. The zero-order chi connectivity index (χ0) is 30.2. The number of methoxy groups -OCH3 is 1. The first-order valence-corrected chi connectivity index (χ1v) is 15.3. The highest BCUT2D eigenvalue weighted by molar-refractivity contribution is 14.1. The molecule has 1 aliphatic carbocycles. The van der Waals surface area contributed by atoms with Crippen molar-refractivity contribution in [1.29, 1.82) is 0 Å². The van der Waals surface area contributed by atoms with Crippen molar-refractivity contribution >= 4 is 50.7 Å². The molecule has 4 heterocycles. The number of carbonyl (C=O) groups excluding carboxylic acids is 1. The number of amides is 1. The summed E-state index contributed by atoms with van der Waals surface area (Å²) in [6, 6.07) is 6.06. The number of halogens is 3. The summed E-state index contributed by atoms with van der Waals surface area (Å²) in [5, 5.41) is 14.6. The molecule has 4 aromatic rings. The predicted octanol–water partition coefficient (Wildman–Crippen LogP) is 5.96. The molecule has 0 unspecified atom stereocenters. The first-order chi connectivity index (χ1) is 20.9. The Morgan fingerprint density at radius 3 is 2.74 bits per heavy atom. The summed E-state index contributed by atoms with van der Waals surface area (Å²) < 4.78 is 44.5. The molecule has 0 atom stereocenters. The molecule has 0 bridgehead atoms. The number of anilines is 2. The van der Waals surface area contributed by atoms with Crippen molar-refractivity contribution in [2.45, 2.75) is 19.3 Å². The molecule has 2 N–H and O–H groups in total. The second-order valence-corrected chi connectivity index (χ2v) is 10.6. The lowest BCUT2D eigenvalue weighted by Gasteiger charge is -2.15. The lowest BCUT2D eigenvalue weighted by Crippen LogP contribution is -2.14. The van der Waals surface area contributed by atoms with Gasteiger partial charge in [-0.2, -0.15) is 0 Å². The third-order valence-electron chi connectivity index (χ3n) is 5.95. The minimum atomic E-state index is -2.85. The Bertz CT molecular complexity index is 1660. The number of pyridine rings is 3. The second kappa shape index (κ2) is 14.4. The molecule has 222 valence electrons. The third-order valence-corrected chi connectivity index (χ3v) is 7.14. The van der Waals surface area contributed by atoms with Gasteiger partial charge in [0.05, 0.1) is 30.1 Å². The van der Waals surface area contributed by atoms with E-state index in [1.165, 1.54) is 25.6 Å². The van der Waals surface area contributed by atoms with Gasteiger partial charge in [0.1, 0.15) is 11.4 Å². The first kappa shape index (κ1) is 30.4. The van der Waals surface area contributed by atoms with Crippen LogP contribution in [0.5, 0.6) is 17.5 Å². The van der Waals surface area contributed by atoms with Crippen LogP contribution in [-0.2, 0) is 4.74 Å². The number of hydrogen-bond donors (Lipinski definition) is 2. The monoisotopic (exact) mass is 719 g/mol. The predicted molar refractivity (Wildman–Crippen MR) is 164 cm³/mol. The lowest BCUT2D eigenvalue weighted by molar-refractivity contribution is 0.102. The van der Waals surface area contributed by atoms with Gasteiger partial charge in [-0.05, 0) is 30.9 Å². The molecule has 11 nitrogen and oxygen atoms in total. The molecule has 4 aromatic heterocycles. The zero-order valence-electron chi connectivity index (χ0n) is 22.6. The van der Waals surface area contributed by atoms with Gasteiger partial charge in [0.25, 0.3) is 12.3 Å². The van der Waals surface area contributed by atoms with Gasteiger partial charge < -0.3 is 19.5 Å². The molecule has 0 radical (unpaired) electrons. The summed E-state index contributed by atoms with van der Waals surface area (Å²) in [5.74, 6) is 6.31. The summed E-state index contributed by atoms with van der Waals surface area (Å²) >= 11 is 3.25. The number of nitrogens with one attached hydrogen (secondary N) is 2. The van der Waals surface area contributed by atoms with E-state index < -0.39 is 18.0 Å². The number of rotatable bonds is 12. The van der Waals surface area contributed by atoms with Crippen LogP contribution in [-0.4, -0.2) is 55.9 Å². The van der Waals surface area contributed by atoms with Crippen molar-refractivity contribution in [2.75, 3.05) is 35.5 Å². The van der Waals surface area contributed by atoms with Crippen LogP contribution in [0, 0.1) is 17.8 Å². The van der Waals surface area contributed by atoms with Crippen LogP contribution in [0.25, 0.3) is 11.1 Å². The van der Waals surface area contributed by atoms with Gasteiger partial charge in [-0.3, -0.25) is 15.1 Å². The van der Waals surface area contributed by atoms with E-state index in [1.807, 2.05) is 0 Å². The number of hydrogen-bond acceptors (Lipinski definition) is 11. The average Bonchev–Trinajstić information content (AvgIpc) is 3.75. The zero-order valence-corrected chi connectivity index (χ0v) is 25.6. The summed E-state index contributed by atoms with van der Waals surface area (Å²) in [6.07, 6.45) is 3.31. The Hall–Kier alpha value is -4.01. The first-order valence-electron chi connectivity index (χ1n) is 12.9. The number of ether oxygens (including phenoxy) is 3. The highest BCUT2D eigenvalue weighted by atomic mass is 127. The molecule has 1 saturated carbocycles. The largest absolute Gasteiger partial charge is 0.494 e. The topological polar surface area (TPSA) is 133 Å². The summed E-state index contributed by atoms with van der Waals surface area (Å²) in [5.41, 5.74) is 0.714. The van der Waals surface area contributed by atoms with E-state index in [2.05, 4.69) is 70.2 Å². The molecule has 43 heavy (non-hydrogen) atoms. The van der Waals surface area contributed by atoms with E-state index in [4.69, 9.17) is 14.2 Å². The highest BCUT2D eigenvalue weighted by Crippen LogP contribution is 2.37. The van der Waals surface area contributed by atoms with Crippen LogP contribution < -0.4 is 20.1 Å². The normalized spacial score (nSPS) is 12.4. The van der Waals surface area contributed by atoms with Crippen molar-refractivity contribution in [3.8, 4) is 40.5 Å². The van der Waals surface area contributed by atoms with Gasteiger partial charge >= 0.3 is 0 Å². The Balaban J connectivity index is 1.45. The van der Waals surface area contributed by atoms with Crippen molar-refractivity contribution in [1.82, 2.24) is 25.1 Å². The van der Waals surface area contributed by atoms with Crippen molar-refractivity contribution in [3.63, 3.8) is 0 Å². The fourth-order valence-corrected chi connectivity index (χ4v) is 4.64. The van der Waals surface area contributed by atoms with Gasteiger partial charge in [-0.25, -0.2) is 18.7 Å². The van der Waals surface area contributed by atoms with Gasteiger partial charge in [0, 0.05) is 53.8 Å². The van der Waals surface area contributed by atoms with E-state index >= 15 is 0 Å². The lowest BCUT2D eigenvalue weighted by atomic mass is 10.00. The van der Waals surface area contributed by atoms with E-state index in [9.17, 15) is 13.6 Å². The van der Waals surface area contributed by atoms with Crippen LogP contribution in [0.2, 0.25) is 0 Å². The molecule has 0 aliphatic heterocycles. The molecule has 0 aromatic carbocycles. The average molecular weight is 720 g/mol. The maximum Gasteiger partial charge on any atom is 0.280 e. The molecular formula is C28H24F2IN7O4S.